The van der Waals surface area contributed by atoms with Crippen LogP contribution >= 0.6 is 0 Å². The normalized spacial score (nSPS) is 23.7. The van der Waals surface area contributed by atoms with Crippen molar-refractivity contribution in [3.8, 4) is 5.75 Å². The second-order valence-corrected chi connectivity index (χ2v) is 9.71. The van der Waals surface area contributed by atoms with Gasteiger partial charge in [-0.3, -0.25) is 19.2 Å². The van der Waals surface area contributed by atoms with Crippen LogP contribution in [0.3, 0.4) is 0 Å². The molecule has 3 atom stereocenters. The number of esters is 1. The zero-order valence-electron chi connectivity index (χ0n) is 20.1. The van der Waals surface area contributed by atoms with Gasteiger partial charge in [0.2, 0.25) is 17.7 Å². The van der Waals surface area contributed by atoms with E-state index in [4.69, 9.17) is 4.74 Å². The molecule has 35 heavy (non-hydrogen) atoms. The van der Waals surface area contributed by atoms with E-state index in [1.165, 1.54) is 4.90 Å². The number of hydrogen-bond acceptors (Lipinski definition) is 5. The van der Waals surface area contributed by atoms with Crippen LogP contribution in [0.1, 0.15) is 36.0 Å². The van der Waals surface area contributed by atoms with Gasteiger partial charge in [-0.25, -0.2) is 4.90 Å². The summed E-state index contributed by atoms with van der Waals surface area (Å²) in [6.45, 7) is 6.06. The van der Waals surface area contributed by atoms with E-state index in [1.54, 1.807) is 30.0 Å². The number of ether oxygens (including phenoxy) is 1. The van der Waals surface area contributed by atoms with E-state index in [9.17, 15) is 19.2 Å². The average molecular weight is 473 g/mol. The summed E-state index contributed by atoms with van der Waals surface area (Å²) in [4.78, 5) is 54.2. The molecule has 0 aromatic heterocycles. The number of amides is 3. The van der Waals surface area contributed by atoms with Gasteiger partial charge >= 0.3 is 5.97 Å². The predicted octanol–water partition coefficient (Wildman–Crippen LogP) is 4.03. The molecule has 3 amide bonds. The minimum Gasteiger partial charge on any atom is -0.426 e. The fourth-order valence-electron chi connectivity index (χ4n) is 5.19. The molecule has 2 saturated heterocycles. The molecule has 1 aliphatic carbocycles. The van der Waals surface area contributed by atoms with Crippen molar-refractivity contribution in [3.63, 3.8) is 0 Å². The summed E-state index contributed by atoms with van der Waals surface area (Å²) in [5, 5.41) is 0. The van der Waals surface area contributed by atoms with Gasteiger partial charge in [-0.15, -0.1) is 0 Å². The number of nitrogens with zero attached hydrogens (tertiary/aromatic N) is 2. The van der Waals surface area contributed by atoms with Crippen LogP contribution in [0.2, 0.25) is 0 Å². The largest absolute Gasteiger partial charge is 0.426 e. The summed E-state index contributed by atoms with van der Waals surface area (Å²) >= 11 is 0. The number of allylic oxidation sites excluding steroid dienone is 2. The fourth-order valence-corrected chi connectivity index (χ4v) is 5.19. The van der Waals surface area contributed by atoms with Crippen LogP contribution in [0.4, 0.5) is 11.4 Å². The maximum atomic E-state index is 12.9. The first-order valence-electron chi connectivity index (χ1n) is 12.0. The number of hydrogen-bond donors (Lipinski definition) is 0. The predicted molar refractivity (Wildman–Crippen MR) is 131 cm³/mol. The molecule has 3 aliphatic rings. The van der Waals surface area contributed by atoms with Gasteiger partial charge in [0.1, 0.15) is 5.75 Å². The first kappa shape index (κ1) is 23.0. The Bertz CT molecular complexity index is 1250. The number of imide groups is 1. The molecule has 0 radical (unpaired) electrons. The van der Waals surface area contributed by atoms with Gasteiger partial charge in [0.25, 0.3) is 0 Å². The molecular formula is C28H28N2O5. The standard InChI is InChI=1S/C28H28N2O5/c1-16-8-9-20(12-17(16)2)29-15-19(14-25(29)31)28(34)35-21-10-11-24(18(3)13-21)30-26(32)22-6-4-5-7-23(22)27(30)33/h4-5,8-13,19,22-23H,6-7,14-15H2,1-3H3/t19-,22-,23+/m1/s1. The highest BCUT2D eigenvalue weighted by molar-refractivity contribution is 6.22. The van der Waals surface area contributed by atoms with Crippen molar-refractivity contribution in [2.24, 2.45) is 17.8 Å². The van der Waals surface area contributed by atoms with Gasteiger partial charge in [-0.1, -0.05) is 18.2 Å². The summed E-state index contributed by atoms with van der Waals surface area (Å²) in [7, 11) is 0. The Morgan fingerprint density at radius 2 is 1.54 bits per heavy atom. The Hall–Kier alpha value is -3.74. The first-order valence-corrected chi connectivity index (χ1v) is 12.0. The second-order valence-electron chi connectivity index (χ2n) is 9.71. The van der Waals surface area contributed by atoms with Crippen molar-refractivity contribution < 1.29 is 23.9 Å². The number of carbonyl (C=O) groups excluding carboxylic acids is 4. The Kier molecular flexibility index (Phi) is 5.79. The van der Waals surface area contributed by atoms with E-state index in [-0.39, 0.29) is 42.5 Å². The van der Waals surface area contributed by atoms with Gasteiger partial charge in [0.15, 0.2) is 0 Å². The van der Waals surface area contributed by atoms with Crippen molar-refractivity contribution in [1.29, 1.82) is 0 Å². The monoisotopic (exact) mass is 472 g/mol. The Balaban J connectivity index is 1.28. The van der Waals surface area contributed by atoms with E-state index < -0.39 is 11.9 Å². The third-order valence-corrected chi connectivity index (χ3v) is 7.40. The Morgan fingerprint density at radius 1 is 0.857 bits per heavy atom. The van der Waals surface area contributed by atoms with Gasteiger partial charge in [0.05, 0.1) is 23.4 Å². The van der Waals surface area contributed by atoms with Crippen LogP contribution in [-0.4, -0.2) is 30.2 Å². The SMILES string of the molecule is Cc1ccc(N2C[C@H](C(=O)Oc3ccc(N4C(=O)[C@H]5CC=CC[C@H]5C4=O)c(C)c3)CC2=O)cc1C. The van der Waals surface area contributed by atoms with E-state index in [2.05, 4.69) is 0 Å². The highest BCUT2D eigenvalue weighted by atomic mass is 16.5. The van der Waals surface area contributed by atoms with Crippen molar-refractivity contribution in [2.75, 3.05) is 16.3 Å². The highest BCUT2D eigenvalue weighted by Crippen LogP contribution is 2.39. The van der Waals surface area contributed by atoms with Crippen LogP contribution in [-0.2, 0) is 19.2 Å². The zero-order valence-corrected chi connectivity index (χ0v) is 20.1. The lowest BCUT2D eigenvalue weighted by Gasteiger charge is -2.19. The summed E-state index contributed by atoms with van der Waals surface area (Å²) in [6.07, 6.45) is 5.18. The maximum absolute atomic E-state index is 12.9. The number of benzene rings is 2. The summed E-state index contributed by atoms with van der Waals surface area (Å²) in [5.41, 5.74) is 4.20. The van der Waals surface area contributed by atoms with Crippen LogP contribution in [0, 0.1) is 38.5 Å². The fraction of sp³-hybridized carbons (Fsp3) is 0.357. The van der Waals surface area contributed by atoms with Crippen LogP contribution in [0.25, 0.3) is 0 Å². The van der Waals surface area contributed by atoms with Gasteiger partial charge in [0, 0.05) is 18.7 Å². The Morgan fingerprint density at radius 3 is 2.17 bits per heavy atom. The zero-order chi connectivity index (χ0) is 24.9. The molecule has 2 aromatic rings. The van der Waals surface area contributed by atoms with E-state index in [0.717, 1.165) is 16.8 Å². The molecular weight excluding hydrogens is 444 g/mol. The molecule has 0 saturated carbocycles. The minimum absolute atomic E-state index is 0.0937. The Labute approximate surface area is 204 Å². The molecule has 2 fully saturated rings. The molecule has 7 heteroatoms. The highest BCUT2D eigenvalue weighted by Gasteiger charge is 2.48. The molecule has 5 rings (SSSR count). The maximum Gasteiger partial charge on any atom is 0.316 e. The van der Waals surface area contributed by atoms with Crippen LogP contribution in [0.15, 0.2) is 48.6 Å². The van der Waals surface area contributed by atoms with E-state index in [0.29, 0.717) is 29.8 Å². The van der Waals surface area contributed by atoms with Crippen molar-refractivity contribution in [1.82, 2.24) is 0 Å². The molecule has 0 unspecified atom stereocenters. The molecule has 0 bridgehead atoms. The molecule has 2 heterocycles. The molecule has 7 nitrogen and oxygen atoms in total. The molecule has 0 spiro atoms. The molecule has 0 N–H and O–H groups in total. The smallest absolute Gasteiger partial charge is 0.316 e. The third kappa shape index (κ3) is 4.05. The second kappa shape index (κ2) is 8.80. The lowest BCUT2D eigenvalue weighted by atomic mass is 9.85. The van der Waals surface area contributed by atoms with E-state index in [1.807, 2.05) is 44.2 Å². The molecule has 180 valence electrons. The van der Waals surface area contributed by atoms with Gasteiger partial charge in [-0.05, 0) is 80.6 Å². The van der Waals surface area contributed by atoms with Gasteiger partial charge < -0.3 is 9.64 Å². The summed E-state index contributed by atoms with van der Waals surface area (Å²) < 4.78 is 5.60. The van der Waals surface area contributed by atoms with Gasteiger partial charge in [-0.2, -0.15) is 0 Å². The molecule has 2 aromatic carbocycles. The lowest BCUT2D eigenvalue weighted by Crippen LogP contribution is -2.31. The third-order valence-electron chi connectivity index (χ3n) is 7.40. The first-order chi connectivity index (χ1) is 16.7. The number of carbonyl (C=O) groups is 4. The average Bonchev–Trinajstić information content (AvgIpc) is 3.34. The molecule has 2 aliphatic heterocycles. The summed E-state index contributed by atoms with van der Waals surface area (Å²) in [5.74, 6) is -1.77. The van der Waals surface area contributed by atoms with Crippen molar-refractivity contribution in [3.05, 3.63) is 65.2 Å². The topological polar surface area (TPSA) is 84.0 Å². The van der Waals surface area contributed by atoms with Crippen molar-refractivity contribution in [2.45, 2.75) is 40.0 Å². The summed E-state index contributed by atoms with van der Waals surface area (Å²) in [6, 6.07) is 10.7. The van der Waals surface area contributed by atoms with Crippen LogP contribution in [0.5, 0.6) is 5.75 Å². The van der Waals surface area contributed by atoms with E-state index >= 15 is 0 Å². The quantitative estimate of drug-likeness (QED) is 0.290. The minimum atomic E-state index is -0.568. The number of anilines is 2. The number of rotatable bonds is 4. The number of aryl methyl sites for hydroxylation is 3. The van der Waals surface area contributed by atoms with Crippen LogP contribution < -0.4 is 14.5 Å². The lowest BCUT2D eigenvalue weighted by molar-refractivity contribution is -0.139. The van der Waals surface area contributed by atoms with Crippen molar-refractivity contribution >= 4 is 35.1 Å². The number of fused-ring (bicyclic) bond motifs is 1.